The van der Waals surface area contributed by atoms with E-state index >= 15 is 0 Å². The molecule has 3 N–H and O–H groups in total. The molecule has 0 saturated carbocycles. The van der Waals surface area contributed by atoms with E-state index in [4.69, 9.17) is 98.6 Å². The first-order chi connectivity index (χ1) is 64.8. The van der Waals surface area contributed by atoms with Gasteiger partial charge in [0, 0.05) is 95.1 Å². The van der Waals surface area contributed by atoms with E-state index in [2.05, 4.69) is 113 Å². The number of hydrogen-bond acceptors (Lipinski definition) is 20. The number of nitrogen functional groups attached to an aromatic ring is 1. The quantitative estimate of drug-likeness (QED) is 0.0110. The first kappa shape index (κ1) is 120. The van der Waals surface area contributed by atoms with Crippen LogP contribution in [0.4, 0.5) is 88.6 Å². The molecule has 138 heavy (non-hydrogen) atoms. The van der Waals surface area contributed by atoms with E-state index in [-0.39, 0.29) is 85.5 Å². The molecule has 0 saturated heterocycles. The third-order valence-corrected chi connectivity index (χ3v) is 20.9. The average Bonchev–Trinajstić information content (AvgIpc) is 1.43. The number of benzene rings is 5. The second-order valence-corrected chi connectivity index (χ2v) is 34.3. The summed E-state index contributed by atoms with van der Waals surface area (Å²) in [5.74, 6) is -0.976. The molecule has 0 unspecified atom stereocenters. The molecule has 11 aromatic rings. The first-order valence-electron chi connectivity index (χ1n) is 42.2. The van der Waals surface area contributed by atoms with Gasteiger partial charge in [-0.3, -0.25) is 10.1 Å². The van der Waals surface area contributed by atoms with Crippen LogP contribution in [0.1, 0.15) is 142 Å². The summed E-state index contributed by atoms with van der Waals surface area (Å²) >= 11 is 23.8. The molecule has 11 rings (SSSR count). The number of methoxy groups -OCH3 is 5. The van der Waals surface area contributed by atoms with Gasteiger partial charge >= 0.3 is 74.2 Å². The summed E-state index contributed by atoms with van der Waals surface area (Å²) in [6.45, 7) is 34.2. The Morgan fingerprint density at radius 1 is 0.442 bits per heavy atom. The predicted molar refractivity (Wildman–Crippen MR) is 515 cm³/mol. The van der Waals surface area contributed by atoms with Gasteiger partial charge in [-0.25, -0.2) is 24.9 Å². The van der Waals surface area contributed by atoms with E-state index < -0.39 is 61.4 Å². The van der Waals surface area contributed by atoms with Crippen LogP contribution in [0.25, 0.3) is 67.3 Å². The fourth-order valence-electron chi connectivity index (χ4n) is 13.7. The molecular weight excluding hydrogens is 2080 g/mol. The van der Waals surface area contributed by atoms with Crippen LogP contribution in [-0.2, 0) is 0 Å². The molecule has 0 fully saturated rings. The molecule has 5 aromatic carbocycles. The SMILES string of the molecule is C=CCN(c1cc(C)c(-c2ccc(OC(F)(F)F)cc2OC)nc1Cl)C(CC)CC.CC.CC.CCC(CC)Nc1cc(C)c(-c2ccc(OC(F)(F)F)cc2OC)nc1Cl.CCC(CC)n1ccc2nc(-c3ccc(OC(F)(F)F)cc3OC)c(C)cc21.COc1cc(OC(F)(F)F)ccc1-c1nc(Cl)c(N)cc1C.COc1cc(OC(F)(F)F)ccc1-c1nc(Cl)c([N+](=O)[O-])cc1C.[Cl][Sn][Cl]. The molecule has 6 aromatic heterocycles. The molecule has 0 aliphatic rings. The van der Waals surface area contributed by atoms with Crippen molar-refractivity contribution in [1.29, 1.82) is 0 Å². The van der Waals surface area contributed by atoms with Gasteiger partial charge in [0.1, 0.15) is 57.5 Å². The summed E-state index contributed by atoms with van der Waals surface area (Å²) in [5, 5.41) is 14.6. The normalized spacial score (nSPS) is 11.2. The number of anilines is 3. The van der Waals surface area contributed by atoms with E-state index in [0.717, 1.165) is 95.8 Å². The average molecular weight is 2180 g/mol. The van der Waals surface area contributed by atoms with E-state index in [1.165, 1.54) is 108 Å². The van der Waals surface area contributed by atoms with E-state index in [1.54, 1.807) is 26.0 Å². The van der Waals surface area contributed by atoms with Crippen molar-refractivity contribution in [3.8, 4) is 114 Å². The van der Waals surface area contributed by atoms with E-state index in [9.17, 15) is 76.0 Å². The summed E-state index contributed by atoms with van der Waals surface area (Å²) in [6, 6.07) is 30.6. The van der Waals surface area contributed by atoms with Crippen LogP contribution < -0.4 is 63.3 Å². The van der Waals surface area contributed by atoms with Crippen molar-refractivity contribution in [1.82, 2.24) is 29.5 Å². The van der Waals surface area contributed by atoms with Gasteiger partial charge in [-0.1, -0.05) is 122 Å². The molecule has 0 bridgehead atoms. The molecule has 754 valence electrons. The number of aryl methyl sites for hydroxylation is 5. The standard InChI is InChI=1S/C22H26ClF3N2O2.C21H23F3N2O2.C19H22ClF3N2O2.C14H10ClF3N2O4.C14H12ClF3N2O2.2C2H6.2ClH.Sn/c1-6-11-28(15(7-2)8-3)18-12-14(4)20(27-21(18)23)17-10-9-16(13-19(17)29-5)30-22(24,25)26;1-5-14(6-2)26-10-9-17-18(26)11-13(3)20(25-17)16-8-7-15(12-19(16)27-4)28-21(22,23)24;1-5-12(6-2)24-15-9-11(3)17(25-18(15)20)14-8-7-13(10-16(14)26-4)27-19(21,22)23;1-7-5-10(20(21)22)13(15)19-12(7)9-4-3-8(6-11(9)23-2)24-14(16,17)18;1-7-5-10(19)13(15)20-12(7)9-4-3-8(6-11(9)21-2)22-14(16,17)18;2*1-2;;;/h6,9-10,12-13,15H,1,7-8,11H2,2-5H3;7-12,14H,5-6H2,1-4H3;7-10,12,24H,5-6H2,1-4H3;3-6H,1-2H3;3-6H,19H2,1-2H3;2*1-2H3;2*1H;/q;;;;;;;;;+2/p-2. The van der Waals surface area contributed by atoms with Gasteiger partial charge in [0.25, 0.3) is 0 Å². The summed E-state index contributed by atoms with van der Waals surface area (Å²) < 4.78 is 234. The van der Waals surface area contributed by atoms with Gasteiger partial charge < -0.3 is 67.9 Å². The van der Waals surface area contributed by atoms with Crippen LogP contribution in [0.15, 0.2) is 146 Å². The van der Waals surface area contributed by atoms with Gasteiger partial charge in [0.15, 0.2) is 15.5 Å². The van der Waals surface area contributed by atoms with Crippen molar-refractivity contribution < 1.29 is 118 Å². The molecule has 2 radical (unpaired) electrons. The Morgan fingerprint density at radius 2 is 0.746 bits per heavy atom. The second kappa shape index (κ2) is 55.4. The molecule has 44 heteroatoms. The Labute approximate surface area is 828 Å². The molecular formula is C94H105Cl6F15N10O12Sn. The van der Waals surface area contributed by atoms with Gasteiger partial charge in [0.05, 0.1) is 97.0 Å². The van der Waals surface area contributed by atoms with Gasteiger partial charge in [-0.05, 0) is 192 Å². The van der Waals surface area contributed by atoms with E-state index in [1.807, 2.05) is 78.9 Å². The van der Waals surface area contributed by atoms with Crippen molar-refractivity contribution in [3.05, 3.63) is 205 Å². The fraction of sp³-hybridized carbons (Fsp3) is 0.372. The minimum atomic E-state index is -4.84. The van der Waals surface area contributed by atoms with Crippen LogP contribution in [-0.4, -0.2) is 139 Å². The maximum atomic E-state index is 12.5. The third kappa shape index (κ3) is 35.6. The Kier molecular flexibility index (Phi) is 48.1. The van der Waals surface area contributed by atoms with Crippen LogP contribution in [0.2, 0.25) is 20.6 Å². The number of nitrogens with two attached hydrogens (primary N) is 1. The number of alkyl halides is 15. The van der Waals surface area contributed by atoms with Gasteiger partial charge in [-0.2, -0.15) is 0 Å². The number of pyridine rings is 5. The van der Waals surface area contributed by atoms with Crippen molar-refractivity contribution >= 4 is 117 Å². The van der Waals surface area contributed by atoms with Gasteiger partial charge in [0.2, 0.25) is 5.15 Å². The zero-order chi connectivity index (χ0) is 104. The predicted octanol–water partition coefficient (Wildman–Crippen LogP) is 31.1. The molecule has 6 heterocycles. The summed E-state index contributed by atoms with van der Waals surface area (Å²) in [6.07, 6.45) is -14.2. The van der Waals surface area contributed by atoms with Crippen molar-refractivity contribution in [2.75, 3.05) is 58.0 Å². The van der Waals surface area contributed by atoms with E-state index in [0.29, 0.717) is 90.3 Å². The Balaban J connectivity index is 0.000000355. The molecule has 0 amide bonds. The van der Waals surface area contributed by atoms with Gasteiger partial charge in [-0.15, -0.1) is 72.4 Å². The molecule has 0 spiro atoms. The number of nitrogens with one attached hydrogen (secondary N) is 1. The molecule has 0 aliphatic heterocycles. The number of halogens is 21. The zero-order valence-electron chi connectivity index (χ0n) is 78.7. The third-order valence-electron chi connectivity index (χ3n) is 19.8. The maximum absolute atomic E-state index is 12.5. The Bertz CT molecular complexity index is 5800. The number of hydrogen-bond donors (Lipinski definition) is 2. The molecule has 0 aliphatic carbocycles. The summed E-state index contributed by atoms with van der Waals surface area (Å²) in [5.41, 5.74) is 17.6. The van der Waals surface area contributed by atoms with Crippen LogP contribution in [0.5, 0.6) is 57.5 Å². The first-order valence-corrected chi connectivity index (χ1v) is 51.0. The van der Waals surface area contributed by atoms with Crippen LogP contribution in [0.3, 0.4) is 0 Å². The monoisotopic (exact) mass is 2180 g/mol. The molecule has 0 atom stereocenters. The zero-order valence-corrected chi connectivity index (χ0v) is 86.0. The Hall–Kier alpha value is -10.6. The van der Waals surface area contributed by atoms with Crippen molar-refractivity contribution in [2.24, 2.45) is 0 Å². The minimum absolute atomic E-state index is 0.0530. The fourth-order valence-corrected chi connectivity index (χ4v) is 14.5. The topological polar surface area (TPSA) is 246 Å². The Morgan fingerprint density at radius 3 is 1.06 bits per heavy atom. The second-order valence-electron chi connectivity index (χ2n) is 28.7. The number of rotatable bonds is 29. The van der Waals surface area contributed by atoms with Crippen molar-refractivity contribution in [3.63, 3.8) is 0 Å². The van der Waals surface area contributed by atoms with Crippen LogP contribution >= 0.6 is 64.2 Å². The number of fused-ring (bicyclic) bond motifs is 1. The van der Waals surface area contributed by atoms with Crippen LogP contribution in [0, 0.1) is 44.7 Å². The van der Waals surface area contributed by atoms with Crippen molar-refractivity contribution in [2.45, 2.75) is 192 Å². The summed E-state index contributed by atoms with van der Waals surface area (Å²) in [4.78, 5) is 34.2. The summed E-state index contributed by atoms with van der Waals surface area (Å²) in [7, 11) is 16.6. The number of nitrogens with zero attached hydrogens (tertiary/aromatic N) is 8. The molecule has 22 nitrogen and oxygen atoms in total. The number of ether oxygens (including phenoxy) is 10. The number of aromatic nitrogens is 6. The number of nitro groups is 1.